The molecule has 0 fully saturated rings. The number of hydrogen-bond donors (Lipinski definition) is 1. The van der Waals surface area contributed by atoms with Crippen molar-refractivity contribution in [3.8, 4) is 0 Å². The first-order valence-electron chi connectivity index (χ1n) is 5.53. The maximum atomic E-state index is 12.9. The third-order valence-corrected chi connectivity index (χ3v) is 3.45. The van der Waals surface area contributed by atoms with Crippen LogP contribution in [0.3, 0.4) is 0 Å². The molecule has 0 saturated heterocycles. The largest absolute Gasteiger partial charge is 0.406 e. The van der Waals surface area contributed by atoms with Gasteiger partial charge in [0.15, 0.2) is 5.41 Å². The summed E-state index contributed by atoms with van der Waals surface area (Å²) < 4.78 is 77.5. The number of amides is 2. The van der Waals surface area contributed by atoms with Gasteiger partial charge in [0.25, 0.3) is 11.8 Å². The number of hydrogen-bond acceptors (Lipinski definition) is 2. The van der Waals surface area contributed by atoms with E-state index in [4.69, 9.17) is 0 Å². The van der Waals surface area contributed by atoms with E-state index in [-0.39, 0.29) is 12.5 Å². The molecule has 21 heavy (non-hydrogen) atoms. The Morgan fingerprint density at radius 1 is 0.857 bits per heavy atom. The summed E-state index contributed by atoms with van der Waals surface area (Å²) in [6.07, 6.45) is -11.2. The van der Waals surface area contributed by atoms with Gasteiger partial charge in [-0.1, -0.05) is 6.07 Å². The molecular weight excluding hydrogens is 304 g/mol. The van der Waals surface area contributed by atoms with Gasteiger partial charge in [-0.2, -0.15) is 26.3 Å². The standard InChI is InChI=1S/C12H7F6NO2/c1-10(11(13,14)15,12(16,17)18)5-2-3-6-7(4-5)9(21)19-8(6)20/h2-4H,1H3,(H,19,20,21). The van der Waals surface area contributed by atoms with E-state index >= 15 is 0 Å². The number of carbonyl (C=O) groups is 2. The maximum Gasteiger partial charge on any atom is 0.406 e. The van der Waals surface area contributed by atoms with E-state index < -0.39 is 40.7 Å². The van der Waals surface area contributed by atoms with Crippen LogP contribution in [0.1, 0.15) is 33.2 Å². The highest BCUT2D eigenvalue weighted by molar-refractivity contribution is 6.21. The number of halogens is 6. The van der Waals surface area contributed by atoms with Crippen molar-refractivity contribution in [1.82, 2.24) is 5.32 Å². The molecule has 0 spiro atoms. The maximum absolute atomic E-state index is 12.9. The van der Waals surface area contributed by atoms with Crippen molar-refractivity contribution in [2.24, 2.45) is 0 Å². The summed E-state index contributed by atoms with van der Waals surface area (Å²) in [6, 6.07) is 1.79. The molecule has 0 atom stereocenters. The van der Waals surface area contributed by atoms with Crippen LogP contribution in [0.5, 0.6) is 0 Å². The number of alkyl halides is 6. The van der Waals surface area contributed by atoms with Crippen LogP contribution in [0, 0.1) is 0 Å². The zero-order valence-electron chi connectivity index (χ0n) is 10.3. The highest BCUT2D eigenvalue weighted by Crippen LogP contribution is 2.52. The lowest BCUT2D eigenvalue weighted by atomic mass is 9.80. The van der Waals surface area contributed by atoms with Gasteiger partial charge in [0.05, 0.1) is 11.1 Å². The van der Waals surface area contributed by atoms with Crippen LogP contribution in [0.15, 0.2) is 18.2 Å². The van der Waals surface area contributed by atoms with E-state index in [1.807, 2.05) is 0 Å². The monoisotopic (exact) mass is 311 g/mol. The topological polar surface area (TPSA) is 46.2 Å². The quantitative estimate of drug-likeness (QED) is 0.640. The fraction of sp³-hybridized carbons (Fsp3) is 0.333. The smallest absolute Gasteiger partial charge is 0.288 e. The van der Waals surface area contributed by atoms with Crippen molar-refractivity contribution < 1.29 is 35.9 Å². The third kappa shape index (κ3) is 2.07. The Bertz CT molecular complexity index is 618. The molecule has 0 aliphatic carbocycles. The highest BCUT2D eigenvalue weighted by Gasteiger charge is 2.68. The molecule has 1 aromatic rings. The normalized spacial score (nSPS) is 16.0. The first-order valence-corrected chi connectivity index (χ1v) is 5.53. The molecule has 0 aromatic heterocycles. The zero-order valence-corrected chi connectivity index (χ0v) is 10.3. The minimum Gasteiger partial charge on any atom is -0.288 e. The predicted octanol–water partition coefficient (Wildman–Crippen LogP) is 2.95. The van der Waals surface area contributed by atoms with Crippen molar-refractivity contribution >= 4 is 11.8 Å². The van der Waals surface area contributed by atoms with Crippen molar-refractivity contribution in [3.05, 3.63) is 34.9 Å². The third-order valence-electron chi connectivity index (χ3n) is 3.45. The first-order chi connectivity index (χ1) is 9.39. The molecule has 2 rings (SSSR count). The van der Waals surface area contributed by atoms with E-state index in [9.17, 15) is 35.9 Å². The molecule has 1 aromatic carbocycles. The van der Waals surface area contributed by atoms with Gasteiger partial charge in [0.1, 0.15) is 0 Å². The van der Waals surface area contributed by atoms with Crippen LogP contribution in [0.2, 0.25) is 0 Å². The second-order valence-corrected chi connectivity index (χ2v) is 4.66. The van der Waals surface area contributed by atoms with E-state index in [0.29, 0.717) is 12.1 Å². The van der Waals surface area contributed by atoms with Crippen molar-refractivity contribution in [3.63, 3.8) is 0 Å². The summed E-state index contributed by atoms with van der Waals surface area (Å²) in [5, 5.41) is 1.80. The average Bonchev–Trinajstić information content (AvgIpc) is 2.61. The number of rotatable bonds is 1. The predicted molar refractivity (Wildman–Crippen MR) is 57.7 cm³/mol. The number of benzene rings is 1. The summed E-state index contributed by atoms with van der Waals surface area (Å²) >= 11 is 0. The Hall–Kier alpha value is -2.06. The van der Waals surface area contributed by atoms with Crippen LogP contribution >= 0.6 is 0 Å². The number of imide groups is 1. The minimum atomic E-state index is -5.61. The van der Waals surface area contributed by atoms with Gasteiger partial charge in [0, 0.05) is 0 Å². The summed E-state index contributed by atoms with van der Waals surface area (Å²) in [7, 11) is 0. The average molecular weight is 311 g/mol. The van der Waals surface area contributed by atoms with E-state index in [1.54, 1.807) is 5.32 Å². The Balaban J connectivity index is 2.68. The lowest BCUT2D eigenvalue weighted by molar-refractivity contribution is -0.297. The van der Waals surface area contributed by atoms with E-state index in [1.165, 1.54) is 0 Å². The number of carbonyl (C=O) groups excluding carboxylic acids is 2. The van der Waals surface area contributed by atoms with Gasteiger partial charge in [-0.3, -0.25) is 14.9 Å². The summed E-state index contributed by atoms with van der Waals surface area (Å²) in [4.78, 5) is 22.6. The van der Waals surface area contributed by atoms with Crippen molar-refractivity contribution in [2.75, 3.05) is 0 Å². The second-order valence-electron chi connectivity index (χ2n) is 4.66. The van der Waals surface area contributed by atoms with Gasteiger partial charge in [0.2, 0.25) is 0 Å². The molecule has 0 bridgehead atoms. The van der Waals surface area contributed by atoms with Crippen LogP contribution < -0.4 is 5.32 Å². The van der Waals surface area contributed by atoms with Gasteiger partial charge < -0.3 is 0 Å². The van der Waals surface area contributed by atoms with E-state index in [0.717, 1.165) is 6.07 Å². The fourth-order valence-corrected chi connectivity index (χ4v) is 1.97. The molecular formula is C12H7F6NO2. The molecule has 0 radical (unpaired) electrons. The molecule has 1 aliphatic rings. The molecule has 0 saturated carbocycles. The van der Waals surface area contributed by atoms with Crippen LogP contribution in [0.25, 0.3) is 0 Å². The fourth-order valence-electron chi connectivity index (χ4n) is 1.97. The lowest BCUT2D eigenvalue weighted by Crippen LogP contribution is -2.51. The van der Waals surface area contributed by atoms with Crippen LogP contribution in [0.4, 0.5) is 26.3 Å². The second kappa shape index (κ2) is 4.22. The Labute approximate surface area is 113 Å². The zero-order chi connectivity index (χ0) is 16.2. The molecule has 3 nitrogen and oxygen atoms in total. The van der Waals surface area contributed by atoms with Gasteiger partial charge in [-0.25, -0.2) is 0 Å². The first kappa shape index (κ1) is 15.3. The molecule has 0 unspecified atom stereocenters. The SMILES string of the molecule is CC(c1ccc2c(c1)C(=O)NC2=O)(C(F)(F)F)C(F)(F)F. The van der Waals surface area contributed by atoms with Crippen molar-refractivity contribution in [2.45, 2.75) is 24.7 Å². The van der Waals surface area contributed by atoms with Gasteiger partial charge >= 0.3 is 12.4 Å². The van der Waals surface area contributed by atoms with Gasteiger partial charge in [-0.05, 0) is 24.6 Å². The molecule has 2 amide bonds. The Morgan fingerprint density at radius 2 is 1.33 bits per heavy atom. The molecule has 1 N–H and O–H groups in total. The van der Waals surface area contributed by atoms with Crippen molar-refractivity contribution in [1.29, 1.82) is 0 Å². The highest BCUT2D eigenvalue weighted by atomic mass is 19.4. The Morgan fingerprint density at radius 3 is 1.81 bits per heavy atom. The number of fused-ring (bicyclic) bond motifs is 1. The summed E-state index contributed by atoms with van der Waals surface area (Å²) in [6.45, 7) is -0.0105. The molecule has 1 aliphatic heterocycles. The molecule has 9 heteroatoms. The van der Waals surface area contributed by atoms with E-state index in [2.05, 4.69) is 0 Å². The molecule has 1 heterocycles. The minimum absolute atomic E-state index is 0.0105. The summed E-state index contributed by atoms with van der Waals surface area (Å²) in [5.41, 5.74) is -6.04. The summed E-state index contributed by atoms with van der Waals surface area (Å²) in [5.74, 6) is -1.88. The lowest BCUT2D eigenvalue weighted by Gasteiger charge is -2.34. The molecule has 114 valence electrons. The number of nitrogens with one attached hydrogen (secondary N) is 1. The van der Waals surface area contributed by atoms with Crippen LogP contribution in [-0.4, -0.2) is 24.2 Å². The van der Waals surface area contributed by atoms with Crippen LogP contribution in [-0.2, 0) is 5.41 Å². The Kier molecular flexibility index (Phi) is 3.08. The van der Waals surface area contributed by atoms with Gasteiger partial charge in [-0.15, -0.1) is 0 Å².